The number of likely N-dealkylation sites (N-methyl/N-ethyl adjacent to an activating group) is 1. The number of amides is 1. The van der Waals surface area contributed by atoms with Gasteiger partial charge in [0, 0.05) is 25.6 Å². The molecule has 1 N–H and O–H groups in total. The Balaban J connectivity index is 1.76. The minimum Gasteiger partial charge on any atom is -0.355 e. The molecule has 1 aliphatic carbocycles. The lowest BCUT2D eigenvalue weighted by Crippen LogP contribution is -2.33. The fourth-order valence-corrected chi connectivity index (χ4v) is 3.91. The standard InChI is InChI=1S/C20H19N3O/c1-23-11-16-10-22-20(24)18-8-15(5-6-17(18)19(16)12-23)14-4-2-3-13(7-14)9-21/h2-8,16,18H,10-12H2,1H3,(H,22,24)/t16-,18-/m1/s1. The maximum absolute atomic E-state index is 12.6. The third-order valence-electron chi connectivity index (χ3n) is 5.09. The van der Waals surface area contributed by atoms with Gasteiger partial charge in [0.15, 0.2) is 0 Å². The molecular weight excluding hydrogens is 298 g/mol. The van der Waals surface area contributed by atoms with Crippen LogP contribution < -0.4 is 5.32 Å². The number of carbonyl (C=O) groups is 1. The molecule has 120 valence electrons. The second-order valence-electron chi connectivity index (χ2n) is 6.75. The Bertz CT molecular complexity index is 841. The summed E-state index contributed by atoms with van der Waals surface area (Å²) in [5.41, 5.74) is 5.15. The van der Waals surface area contributed by atoms with E-state index in [0.717, 1.165) is 36.3 Å². The molecule has 4 rings (SSSR count). The fraction of sp³-hybridized carbons (Fsp3) is 0.300. The van der Waals surface area contributed by atoms with Crippen LogP contribution in [0.3, 0.4) is 0 Å². The van der Waals surface area contributed by atoms with E-state index in [-0.39, 0.29) is 11.8 Å². The summed E-state index contributed by atoms with van der Waals surface area (Å²) in [6, 6.07) is 9.70. The minimum atomic E-state index is -0.234. The first-order valence-corrected chi connectivity index (χ1v) is 8.25. The molecule has 0 aromatic heterocycles. The van der Waals surface area contributed by atoms with Crippen molar-refractivity contribution in [2.24, 2.45) is 11.8 Å². The van der Waals surface area contributed by atoms with Gasteiger partial charge >= 0.3 is 0 Å². The lowest BCUT2D eigenvalue weighted by Gasteiger charge is -2.20. The maximum Gasteiger partial charge on any atom is 0.231 e. The van der Waals surface area contributed by atoms with Gasteiger partial charge in [-0.1, -0.05) is 30.4 Å². The van der Waals surface area contributed by atoms with Crippen LogP contribution in [0.5, 0.6) is 0 Å². The molecule has 24 heavy (non-hydrogen) atoms. The molecule has 2 atom stereocenters. The topological polar surface area (TPSA) is 56.1 Å². The van der Waals surface area contributed by atoms with E-state index in [0.29, 0.717) is 11.5 Å². The van der Waals surface area contributed by atoms with Gasteiger partial charge in [0.2, 0.25) is 5.91 Å². The Hall–Kier alpha value is -2.64. The van der Waals surface area contributed by atoms with Gasteiger partial charge in [0.25, 0.3) is 0 Å². The number of nitrogens with zero attached hydrogens (tertiary/aromatic N) is 2. The molecule has 2 heterocycles. The zero-order valence-electron chi connectivity index (χ0n) is 13.6. The fourth-order valence-electron chi connectivity index (χ4n) is 3.91. The lowest BCUT2D eigenvalue weighted by molar-refractivity contribution is -0.122. The Kier molecular flexibility index (Phi) is 3.59. The van der Waals surface area contributed by atoms with E-state index < -0.39 is 0 Å². The molecule has 0 saturated carbocycles. The first-order valence-electron chi connectivity index (χ1n) is 8.25. The average Bonchev–Trinajstić information content (AvgIpc) is 2.94. The van der Waals surface area contributed by atoms with Gasteiger partial charge in [0.1, 0.15) is 0 Å². The SMILES string of the molecule is CN1CC2=C3C=CC(c4cccc(C#N)c4)=C[C@H]3C(=O)NC[C@@H]2C1. The van der Waals surface area contributed by atoms with Gasteiger partial charge < -0.3 is 10.2 Å². The lowest BCUT2D eigenvalue weighted by atomic mass is 9.84. The molecule has 0 unspecified atom stereocenters. The van der Waals surface area contributed by atoms with Crippen LogP contribution in [0.2, 0.25) is 0 Å². The predicted octanol–water partition coefficient (Wildman–Crippen LogP) is 2.12. The zero-order chi connectivity index (χ0) is 16.7. The Morgan fingerprint density at radius 1 is 1.33 bits per heavy atom. The first-order chi connectivity index (χ1) is 11.7. The summed E-state index contributed by atoms with van der Waals surface area (Å²) in [7, 11) is 2.13. The Morgan fingerprint density at radius 2 is 2.21 bits per heavy atom. The number of benzene rings is 1. The van der Waals surface area contributed by atoms with Gasteiger partial charge in [-0.2, -0.15) is 5.26 Å². The number of likely N-dealkylation sites (tertiary alicyclic amines) is 1. The highest BCUT2D eigenvalue weighted by atomic mass is 16.1. The van der Waals surface area contributed by atoms with Crippen LogP contribution in [0.4, 0.5) is 0 Å². The molecule has 1 amide bonds. The van der Waals surface area contributed by atoms with E-state index in [1.165, 1.54) is 5.57 Å². The number of hydrogen-bond donors (Lipinski definition) is 1. The van der Waals surface area contributed by atoms with Gasteiger partial charge in [-0.25, -0.2) is 0 Å². The first kappa shape index (κ1) is 14.9. The predicted molar refractivity (Wildman–Crippen MR) is 92.8 cm³/mol. The van der Waals surface area contributed by atoms with E-state index in [4.69, 9.17) is 5.26 Å². The molecule has 4 heteroatoms. The normalized spacial score (nSPS) is 26.2. The van der Waals surface area contributed by atoms with Crippen molar-refractivity contribution < 1.29 is 4.79 Å². The number of nitriles is 1. The molecule has 2 aliphatic heterocycles. The van der Waals surface area contributed by atoms with Gasteiger partial charge in [-0.3, -0.25) is 4.79 Å². The number of fused-ring (bicyclic) bond motifs is 2. The zero-order valence-corrected chi connectivity index (χ0v) is 13.6. The monoisotopic (exact) mass is 317 g/mol. The van der Waals surface area contributed by atoms with Crippen LogP contribution in [0.25, 0.3) is 5.57 Å². The largest absolute Gasteiger partial charge is 0.355 e. The summed E-state index contributed by atoms with van der Waals surface area (Å²) in [6.45, 7) is 2.66. The van der Waals surface area contributed by atoms with Crippen molar-refractivity contribution in [1.82, 2.24) is 10.2 Å². The van der Waals surface area contributed by atoms with Crippen molar-refractivity contribution in [1.29, 1.82) is 5.26 Å². The molecule has 0 bridgehead atoms. The van der Waals surface area contributed by atoms with E-state index in [2.05, 4.69) is 35.5 Å². The maximum atomic E-state index is 12.6. The number of rotatable bonds is 1. The van der Waals surface area contributed by atoms with Crippen LogP contribution >= 0.6 is 0 Å². The molecular formula is C20H19N3O. The number of carbonyl (C=O) groups excluding carboxylic acids is 1. The average molecular weight is 317 g/mol. The van der Waals surface area contributed by atoms with Gasteiger partial charge in [-0.05, 0) is 41.5 Å². The molecule has 1 saturated heterocycles. The highest BCUT2D eigenvalue weighted by Crippen LogP contribution is 2.36. The molecule has 3 aliphatic rings. The van der Waals surface area contributed by atoms with E-state index in [9.17, 15) is 4.79 Å². The summed E-state index contributed by atoms with van der Waals surface area (Å²) in [6.07, 6.45) is 6.21. The Morgan fingerprint density at radius 3 is 3.04 bits per heavy atom. The minimum absolute atomic E-state index is 0.0767. The number of nitrogens with one attached hydrogen (secondary N) is 1. The van der Waals surface area contributed by atoms with Crippen molar-refractivity contribution in [2.75, 3.05) is 26.7 Å². The van der Waals surface area contributed by atoms with Crippen molar-refractivity contribution >= 4 is 11.5 Å². The van der Waals surface area contributed by atoms with Crippen LogP contribution in [0.15, 0.2) is 53.6 Å². The molecule has 1 fully saturated rings. The summed E-state index contributed by atoms with van der Waals surface area (Å²) in [5, 5.41) is 12.2. The van der Waals surface area contributed by atoms with Crippen molar-refractivity contribution in [2.45, 2.75) is 0 Å². The van der Waals surface area contributed by atoms with E-state index in [1.54, 1.807) is 6.07 Å². The molecule has 0 radical (unpaired) electrons. The van der Waals surface area contributed by atoms with Crippen molar-refractivity contribution in [3.63, 3.8) is 0 Å². The molecule has 1 aromatic carbocycles. The van der Waals surface area contributed by atoms with Crippen LogP contribution in [-0.2, 0) is 4.79 Å². The smallest absolute Gasteiger partial charge is 0.231 e. The summed E-state index contributed by atoms with van der Waals surface area (Å²) in [5.74, 6) is 0.260. The molecule has 1 aromatic rings. The van der Waals surface area contributed by atoms with Gasteiger partial charge in [-0.15, -0.1) is 0 Å². The highest BCUT2D eigenvalue weighted by molar-refractivity contribution is 5.91. The second kappa shape index (κ2) is 5.77. The third kappa shape index (κ3) is 2.47. The Labute approximate surface area is 141 Å². The van der Waals surface area contributed by atoms with E-state index in [1.807, 2.05) is 24.3 Å². The summed E-state index contributed by atoms with van der Waals surface area (Å²) < 4.78 is 0. The van der Waals surface area contributed by atoms with Crippen LogP contribution in [0.1, 0.15) is 11.1 Å². The third-order valence-corrected chi connectivity index (χ3v) is 5.09. The molecule has 4 nitrogen and oxygen atoms in total. The quantitative estimate of drug-likeness (QED) is 0.863. The number of allylic oxidation sites excluding steroid dienone is 3. The van der Waals surface area contributed by atoms with Crippen LogP contribution in [-0.4, -0.2) is 37.5 Å². The summed E-state index contributed by atoms with van der Waals surface area (Å²) in [4.78, 5) is 14.9. The highest BCUT2D eigenvalue weighted by Gasteiger charge is 2.35. The van der Waals surface area contributed by atoms with E-state index >= 15 is 0 Å². The number of hydrogen-bond acceptors (Lipinski definition) is 3. The molecule has 0 spiro atoms. The van der Waals surface area contributed by atoms with Crippen molar-refractivity contribution in [3.05, 3.63) is 64.8 Å². The van der Waals surface area contributed by atoms with Crippen molar-refractivity contribution in [3.8, 4) is 6.07 Å². The second-order valence-corrected chi connectivity index (χ2v) is 6.75. The summed E-state index contributed by atoms with van der Waals surface area (Å²) >= 11 is 0. The van der Waals surface area contributed by atoms with Gasteiger partial charge in [0.05, 0.1) is 17.6 Å². The van der Waals surface area contributed by atoms with Crippen LogP contribution in [0, 0.1) is 23.2 Å².